The minimum atomic E-state index is 1.16. The Kier molecular flexibility index (Phi) is 1.66. The summed E-state index contributed by atoms with van der Waals surface area (Å²) in [6, 6.07) is 13.1. The van der Waals surface area contributed by atoms with Crippen molar-refractivity contribution >= 4 is 16.8 Å². The van der Waals surface area contributed by atoms with Crippen LogP contribution in [0, 0.1) is 0 Å². The molecular formula is C14H12. The average Bonchev–Trinajstić information content (AvgIpc) is 2.44. The predicted octanol–water partition coefficient (Wildman–Crippen LogP) is 3.80. The summed E-state index contributed by atoms with van der Waals surface area (Å²) in [4.78, 5) is 0. The Morgan fingerprint density at radius 1 is 0.929 bits per heavy atom. The van der Waals surface area contributed by atoms with Gasteiger partial charge >= 0.3 is 0 Å². The third kappa shape index (κ3) is 1.07. The van der Waals surface area contributed by atoms with E-state index >= 15 is 0 Å². The molecule has 0 spiro atoms. The van der Waals surface area contributed by atoms with Crippen LogP contribution in [0.4, 0.5) is 0 Å². The molecule has 3 rings (SSSR count). The van der Waals surface area contributed by atoms with E-state index in [1.54, 1.807) is 0 Å². The Morgan fingerprint density at radius 3 is 2.71 bits per heavy atom. The summed E-state index contributed by atoms with van der Waals surface area (Å²) in [6.07, 6.45) is 6.85. The molecule has 0 nitrogen and oxygen atoms in total. The Hall–Kier alpha value is -1.56. The Bertz CT molecular complexity index is 501. The molecule has 0 fully saturated rings. The van der Waals surface area contributed by atoms with Gasteiger partial charge in [-0.25, -0.2) is 0 Å². The summed E-state index contributed by atoms with van der Waals surface area (Å²) >= 11 is 0. The zero-order valence-electron chi connectivity index (χ0n) is 8.03. The van der Waals surface area contributed by atoms with Crippen molar-refractivity contribution in [3.63, 3.8) is 0 Å². The van der Waals surface area contributed by atoms with Crippen LogP contribution in [-0.4, -0.2) is 0 Å². The van der Waals surface area contributed by atoms with Crippen molar-refractivity contribution in [2.75, 3.05) is 0 Å². The van der Waals surface area contributed by atoms with Crippen molar-refractivity contribution in [3.8, 4) is 0 Å². The summed E-state index contributed by atoms with van der Waals surface area (Å²) < 4.78 is 0. The Morgan fingerprint density at radius 2 is 1.79 bits per heavy atom. The van der Waals surface area contributed by atoms with Gasteiger partial charge in [0.1, 0.15) is 0 Å². The van der Waals surface area contributed by atoms with Gasteiger partial charge in [-0.1, -0.05) is 48.6 Å². The highest BCUT2D eigenvalue weighted by molar-refractivity contribution is 5.93. The van der Waals surface area contributed by atoms with E-state index in [1.807, 2.05) is 0 Å². The number of rotatable bonds is 0. The molecule has 14 heavy (non-hydrogen) atoms. The van der Waals surface area contributed by atoms with Crippen LogP contribution in [0.25, 0.3) is 16.8 Å². The first-order valence-electron chi connectivity index (χ1n) is 5.12. The number of benzene rings is 2. The van der Waals surface area contributed by atoms with Gasteiger partial charge in [0.05, 0.1) is 0 Å². The van der Waals surface area contributed by atoms with E-state index in [1.165, 1.54) is 28.3 Å². The molecule has 0 amide bonds. The van der Waals surface area contributed by atoms with Crippen molar-refractivity contribution in [1.82, 2.24) is 0 Å². The van der Waals surface area contributed by atoms with Crippen LogP contribution in [0.2, 0.25) is 0 Å². The van der Waals surface area contributed by atoms with Gasteiger partial charge in [-0.05, 0) is 34.7 Å². The lowest BCUT2D eigenvalue weighted by Crippen LogP contribution is -1.85. The zero-order valence-corrected chi connectivity index (χ0v) is 8.03. The molecule has 0 aromatic heterocycles. The topological polar surface area (TPSA) is 0 Å². The fraction of sp³-hybridized carbons (Fsp3) is 0.143. The van der Waals surface area contributed by atoms with Crippen LogP contribution < -0.4 is 0 Å². The van der Waals surface area contributed by atoms with Crippen molar-refractivity contribution in [3.05, 3.63) is 53.6 Å². The molecule has 68 valence electrons. The first-order valence-corrected chi connectivity index (χ1v) is 5.12. The van der Waals surface area contributed by atoms with Gasteiger partial charge in [-0.2, -0.15) is 0 Å². The van der Waals surface area contributed by atoms with E-state index in [2.05, 4.69) is 48.6 Å². The number of allylic oxidation sites excluding steroid dienone is 1. The molecular weight excluding hydrogens is 168 g/mol. The van der Waals surface area contributed by atoms with Gasteiger partial charge in [0, 0.05) is 0 Å². The molecule has 0 radical (unpaired) electrons. The van der Waals surface area contributed by atoms with E-state index in [-0.39, 0.29) is 0 Å². The Labute approximate surface area is 83.9 Å². The highest BCUT2D eigenvalue weighted by Crippen LogP contribution is 2.27. The predicted molar refractivity (Wildman–Crippen MR) is 61.3 cm³/mol. The van der Waals surface area contributed by atoms with Crippen LogP contribution in [-0.2, 0) is 6.42 Å². The third-order valence-electron chi connectivity index (χ3n) is 2.90. The SMILES string of the molecule is C1=Cc2cccc3cccc(c23)CC1. The molecule has 0 N–H and O–H groups in total. The van der Waals surface area contributed by atoms with Crippen molar-refractivity contribution in [2.45, 2.75) is 12.8 Å². The standard InChI is InChI=1S/C14H12/c1-2-6-12-8-4-10-13-9-3-7-11(5-1)14(12)13/h1,3-5,7-10H,2,6H2. The molecule has 0 atom stereocenters. The van der Waals surface area contributed by atoms with Crippen LogP contribution in [0.1, 0.15) is 17.5 Å². The first kappa shape index (κ1) is 7.81. The second-order valence-corrected chi connectivity index (χ2v) is 3.80. The zero-order chi connectivity index (χ0) is 9.38. The molecule has 0 heteroatoms. The van der Waals surface area contributed by atoms with E-state index in [4.69, 9.17) is 0 Å². The number of hydrogen-bond donors (Lipinski definition) is 0. The van der Waals surface area contributed by atoms with Crippen molar-refractivity contribution in [2.24, 2.45) is 0 Å². The largest absolute Gasteiger partial charge is 0.0836 e. The van der Waals surface area contributed by atoms with Gasteiger partial charge in [0.2, 0.25) is 0 Å². The molecule has 2 aromatic carbocycles. The summed E-state index contributed by atoms with van der Waals surface area (Å²) in [6.45, 7) is 0. The second kappa shape index (κ2) is 2.98. The van der Waals surface area contributed by atoms with Gasteiger partial charge in [0.15, 0.2) is 0 Å². The normalized spacial score (nSPS) is 14.3. The van der Waals surface area contributed by atoms with Gasteiger partial charge in [-0.3, -0.25) is 0 Å². The quantitative estimate of drug-likeness (QED) is 0.578. The molecule has 0 saturated carbocycles. The highest BCUT2D eigenvalue weighted by atomic mass is 14.1. The van der Waals surface area contributed by atoms with Crippen LogP contribution in [0.5, 0.6) is 0 Å². The molecule has 0 bridgehead atoms. The molecule has 1 aliphatic rings. The molecule has 0 saturated heterocycles. The average molecular weight is 180 g/mol. The van der Waals surface area contributed by atoms with Crippen LogP contribution in [0.3, 0.4) is 0 Å². The summed E-state index contributed by atoms with van der Waals surface area (Å²) in [5.74, 6) is 0. The fourth-order valence-electron chi connectivity index (χ4n) is 2.25. The number of aryl methyl sites for hydroxylation is 1. The number of hydrogen-bond acceptors (Lipinski definition) is 0. The van der Waals surface area contributed by atoms with Gasteiger partial charge in [-0.15, -0.1) is 0 Å². The van der Waals surface area contributed by atoms with Crippen molar-refractivity contribution < 1.29 is 0 Å². The van der Waals surface area contributed by atoms with Gasteiger partial charge in [0.25, 0.3) is 0 Å². The molecule has 1 aliphatic carbocycles. The Balaban J connectivity index is 2.49. The monoisotopic (exact) mass is 180 g/mol. The summed E-state index contributed by atoms with van der Waals surface area (Å²) in [7, 11) is 0. The maximum atomic E-state index is 2.27. The lowest BCUT2D eigenvalue weighted by Gasteiger charge is -2.06. The highest BCUT2D eigenvalue weighted by Gasteiger charge is 2.05. The third-order valence-corrected chi connectivity index (χ3v) is 2.90. The van der Waals surface area contributed by atoms with E-state index in [0.717, 1.165) is 6.42 Å². The molecule has 2 aromatic rings. The fourth-order valence-corrected chi connectivity index (χ4v) is 2.25. The van der Waals surface area contributed by atoms with E-state index < -0.39 is 0 Å². The van der Waals surface area contributed by atoms with E-state index in [0.29, 0.717) is 0 Å². The van der Waals surface area contributed by atoms with Crippen molar-refractivity contribution in [1.29, 1.82) is 0 Å². The smallest absolute Gasteiger partial charge is 0.00793 e. The second-order valence-electron chi connectivity index (χ2n) is 3.80. The first-order chi connectivity index (χ1) is 6.95. The molecule has 0 aliphatic heterocycles. The maximum Gasteiger partial charge on any atom is -0.00793 e. The van der Waals surface area contributed by atoms with E-state index in [9.17, 15) is 0 Å². The lowest BCUT2D eigenvalue weighted by atomic mass is 9.99. The van der Waals surface area contributed by atoms with Crippen LogP contribution >= 0.6 is 0 Å². The van der Waals surface area contributed by atoms with Crippen LogP contribution in [0.15, 0.2) is 42.5 Å². The maximum absolute atomic E-state index is 2.27. The minimum Gasteiger partial charge on any atom is -0.0836 e. The van der Waals surface area contributed by atoms with Gasteiger partial charge < -0.3 is 0 Å². The summed E-state index contributed by atoms with van der Waals surface area (Å²) in [5, 5.41) is 2.82. The summed E-state index contributed by atoms with van der Waals surface area (Å²) in [5.41, 5.74) is 2.86. The minimum absolute atomic E-state index is 1.16. The molecule has 0 heterocycles. The molecule has 0 unspecified atom stereocenters. The lowest BCUT2D eigenvalue weighted by molar-refractivity contribution is 1.02.